The van der Waals surface area contributed by atoms with Gasteiger partial charge in [-0.1, -0.05) is 0 Å². The van der Waals surface area contributed by atoms with Crippen molar-refractivity contribution >= 4 is 0 Å². The van der Waals surface area contributed by atoms with Crippen LogP contribution in [-0.2, 0) is 4.74 Å². The molecule has 3 heteroatoms. The summed E-state index contributed by atoms with van der Waals surface area (Å²) in [7, 11) is 1.81. The van der Waals surface area contributed by atoms with Crippen LogP contribution >= 0.6 is 0 Å². The second-order valence-corrected chi connectivity index (χ2v) is 4.05. The van der Waals surface area contributed by atoms with E-state index in [2.05, 4.69) is 5.32 Å². The standard InChI is InChI=1S/C9H18N2O/c1-12-8-6-7(10)9(8)2-4-11-5-3-9/h7-8,11H,2-6,10H2,1H3. The van der Waals surface area contributed by atoms with Gasteiger partial charge in [0, 0.05) is 18.6 Å². The van der Waals surface area contributed by atoms with E-state index in [1.54, 1.807) is 7.11 Å². The van der Waals surface area contributed by atoms with Crippen molar-refractivity contribution in [2.75, 3.05) is 20.2 Å². The zero-order valence-corrected chi connectivity index (χ0v) is 7.68. The Kier molecular flexibility index (Phi) is 2.10. The maximum Gasteiger partial charge on any atom is 0.0658 e. The first-order valence-corrected chi connectivity index (χ1v) is 4.79. The Morgan fingerprint density at radius 1 is 1.42 bits per heavy atom. The summed E-state index contributed by atoms with van der Waals surface area (Å²) in [6, 6.07) is 0.379. The molecular weight excluding hydrogens is 152 g/mol. The molecule has 1 spiro atoms. The fourth-order valence-electron chi connectivity index (χ4n) is 2.69. The molecule has 2 aliphatic rings. The van der Waals surface area contributed by atoms with Crippen LogP contribution in [0.15, 0.2) is 0 Å². The van der Waals surface area contributed by atoms with Crippen LogP contribution in [0.2, 0.25) is 0 Å². The Labute approximate surface area is 73.7 Å². The summed E-state index contributed by atoms with van der Waals surface area (Å²) in [4.78, 5) is 0. The molecule has 1 aliphatic heterocycles. The fourth-order valence-corrected chi connectivity index (χ4v) is 2.69. The molecule has 1 saturated carbocycles. The van der Waals surface area contributed by atoms with Crippen molar-refractivity contribution in [1.29, 1.82) is 0 Å². The highest BCUT2D eigenvalue weighted by atomic mass is 16.5. The van der Waals surface area contributed by atoms with E-state index >= 15 is 0 Å². The van der Waals surface area contributed by atoms with Gasteiger partial charge in [0.25, 0.3) is 0 Å². The number of nitrogens with one attached hydrogen (secondary N) is 1. The predicted molar refractivity (Wildman–Crippen MR) is 47.9 cm³/mol. The van der Waals surface area contributed by atoms with Gasteiger partial charge in [0.1, 0.15) is 0 Å². The SMILES string of the molecule is COC1CC(N)C12CCNCC2. The van der Waals surface area contributed by atoms with Crippen LogP contribution in [-0.4, -0.2) is 32.3 Å². The molecule has 0 aromatic carbocycles. The molecule has 1 aliphatic carbocycles. The summed E-state index contributed by atoms with van der Waals surface area (Å²) < 4.78 is 5.44. The van der Waals surface area contributed by atoms with Crippen LogP contribution < -0.4 is 11.1 Å². The van der Waals surface area contributed by atoms with Gasteiger partial charge in [0.05, 0.1) is 6.10 Å². The molecule has 3 N–H and O–H groups in total. The number of piperidine rings is 1. The average molecular weight is 170 g/mol. The van der Waals surface area contributed by atoms with Crippen LogP contribution in [0.1, 0.15) is 19.3 Å². The molecule has 2 rings (SSSR count). The smallest absolute Gasteiger partial charge is 0.0658 e. The maximum absolute atomic E-state index is 6.05. The first-order valence-electron chi connectivity index (χ1n) is 4.79. The molecule has 1 saturated heterocycles. The monoisotopic (exact) mass is 170 g/mol. The number of methoxy groups -OCH3 is 1. The van der Waals surface area contributed by atoms with Crippen LogP contribution in [0.25, 0.3) is 0 Å². The van der Waals surface area contributed by atoms with E-state index in [0.29, 0.717) is 17.6 Å². The topological polar surface area (TPSA) is 47.3 Å². The van der Waals surface area contributed by atoms with E-state index < -0.39 is 0 Å². The lowest BCUT2D eigenvalue weighted by atomic mass is 9.57. The first-order chi connectivity index (χ1) is 5.79. The lowest BCUT2D eigenvalue weighted by Gasteiger charge is -2.55. The second kappa shape index (κ2) is 2.98. The van der Waals surface area contributed by atoms with Crippen LogP contribution in [0.5, 0.6) is 0 Å². The summed E-state index contributed by atoms with van der Waals surface area (Å²) in [6.45, 7) is 2.21. The minimum atomic E-state index is 0.319. The lowest BCUT2D eigenvalue weighted by Crippen LogP contribution is -2.65. The number of ether oxygens (including phenoxy) is 1. The van der Waals surface area contributed by atoms with E-state index in [9.17, 15) is 0 Å². The maximum atomic E-state index is 6.05. The molecule has 0 radical (unpaired) electrons. The third kappa shape index (κ3) is 1.00. The normalized spacial score (nSPS) is 39.5. The molecule has 0 amide bonds. The third-order valence-electron chi connectivity index (χ3n) is 3.67. The van der Waals surface area contributed by atoms with Crippen molar-refractivity contribution in [2.24, 2.45) is 11.1 Å². The van der Waals surface area contributed by atoms with Crippen molar-refractivity contribution in [1.82, 2.24) is 5.32 Å². The minimum absolute atomic E-state index is 0.319. The summed E-state index contributed by atoms with van der Waals surface area (Å²) in [6.07, 6.45) is 3.85. The van der Waals surface area contributed by atoms with E-state index in [-0.39, 0.29) is 0 Å². The minimum Gasteiger partial charge on any atom is -0.381 e. The Bertz CT molecular complexity index is 166. The zero-order valence-electron chi connectivity index (χ0n) is 7.68. The van der Waals surface area contributed by atoms with Gasteiger partial charge in [0.2, 0.25) is 0 Å². The largest absolute Gasteiger partial charge is 0.381 e. The van der Waals surface area contributed by atoms with Crippen molar-refractivity contribution in [3.05, 3.63) is 0 Å². The Hall–Kier alpha value is -0.120. The Balaban J connectivity index is 2.05. The van der Waals surface area contributed by atoms with Crippen molar-refractivity contribution in [2.45, 2.75) is 31.4 Å². The van der Waals surface area contributed by atoms with Gasteiger partial charge in [0.15, 0.2) is 0 Å². The van der Waals surface area contributed by atoms with Gasteiger partial charge in [-0.25, -0.2) is 0 Å². The molecule has 2 unspecified atom stereocenters. The molecule has 2 fully saturated rings. The molecule has 0 aromatic heterocycles. The molecule has 0 bridgehead atoms. The molecular formula is C9H18N2O. The summed E-state index contributed by atoms with van der Waals surface area (Å²) in [5.74, 6) is 0. The number of hydrogen-bond donors (Lipinski definition) is 2. The second-order valence-electron chi connectivity index (χ2n) is 4.05. The van der Waals surface area contributed by atoms with Crippen molar-refractivity contribution in [3.8, 4) is 0 Å². The summed E-state index contributed by atoms with van der Waals surface area (Å²) in [5, 5.41) is 3.36. The van der Waals surface area contributed by atoms with Crippen LogP contribution in [0, 0.1) is 5.41 Å². The Morgan fingerprint density at radius 3 is 2.58 bits per heavy atom. The highest BCUT2D eigenvalue weighted by Crippen LogP contribution is 2.48. The van der Waals surface area contributed by atoms with Gasteiger partial charge < -0.3 is 15.8 Å². The van der Waals surface area contributed by atoms with E-state index in [0.717, 1.165) is 19.5 Å². The van der Waals surface area contributed by atoms with Gasteiger partial charge in [-0.2, -0.15) is 0 Å². The number of nitrogens with two attached hydrogens (primary N) is 1. The van der Waals surface area contributed by atoms with E-state index in [1.165, 1.54) is 12.8 Å². The zero-order chi connectivity index (χ0) is 8.60. The third-order valence-corrected chi connectivity index (χ3v) is 3.67. The highest BCUT2D eigenvalue weighted by molar-refractivity contribution is 5.08. The lowest BCUT2D eigenvalue weighted by molar-refractivity contribution is -0.123. The van der Waals surface area contributed by atoms with E-state index in [4.69, 9.17) is 10.5 Å². The molecule has 3 nitrogen and oxygen atoms in total. The molecule has 1 heterocycles. The Morgan fingerprint density at radius 2 is 2.08 bits per heavy atom. The van der Waals surface area contributed by atoms with Gasteiger partial charge in [-0.15, -0.1) is 0 Å². The molecule has 0 aromatic rings. The first kappa shape index (κ1) is 8.48. The highest BCUT2D eigenvalue weighted by Gasteiger charge is 2.53. The van der Waals surface area contributed by atoms with Gasteiger partial charge >= 0.3 is 0 Å². The molecule has 70 valence electrons. The van der Waals surface area contributed by atoms with E-state index in [1.807, 2.05) is 0 Å². The number of rotatable bonds is 1. The number of hydrogen-bond acceptors (Lipinski definition) is 3. The quantitative estimate of drug-likeness (QED) is 0.587. The predicted octanol–water partition coefficient (Wildman–Crippen LogP) is 0.102. The van der Waals surface area contributed by atoms with Crippen molar-refractivity contribution < 1.29 is 4.74 Å². The summed E-state index contributed by atoms with van der Waals surface area (Å²) in [5.41, 5.74) is 6.37. The van der Waals surface area contributed by atoms with Gasteiger partial charge in [-0.05, 0) is 32.4 Å². The van der Waals surface area contributed by atoms with Crippen molar-refractivity contribution in [3.63, 3.8) is 0 Å². The molecule has 2 atom stereocenters. The summed E-state index contributed by atoms with van der Waals surface area (Å²) >= 11 is 0. The van der Waals surface area contributed by atoms with Gasteiger partial charge in [-0.3, -0.25) is 0 Å². The average Bonchev–Trinajstić information content (AvgIpc) is 2.15. The fraction of sp³-hybridized carbons (Fsp3) is 1.00. The van der Waals surface area contributed by atoms with Crippen LogP contribution in [0.3, 0.4) is 0 Å². The molecule has 12 heavy (non-hydrogen) atoms. The van der Waals surface area contributed by atoms with Crippen LogP contribution in [0.4, 0.5) is 0 Å².